The lowest BCUT2D eigenvalue weighted by atomic mass is 9.98. The Morgan fingerprint density at radius 3 is 2.75 bits per heavy atom. The van der Waals surface area contributed by atoms with Crippen LogP contribution in [0.5, 0.6) is 0 Å². The van der Waals surface area contributed by atoms with Crippen LogP contribution in [-0.4, -0.2) is 11.7 Å². The molecule has 1 atom stereocenters. The summed E-state index contributed by atoms with van der Waals surface area (Å²) in [6.07, 6.45) is 0.239. The summed E-state index contributed by atoms with van der Waals surface area (Å²) in [5.74, 6) is -0.154. The van der Waals surface area contributed by atoms with Crippen molar-refractivity contribution in [2.45, 2.75) is 12.5 Å². The Morgan fingerprint density at radius 1 is 1.15 bits per heavy atom. The Balaban J connectivity index is 1.83. The van der Waals surface area contributed by atoms with Crippen molar-refractivity contribution in [3.05, 3.63) is 70.2 Å². The van der Waals surface area contributed by atoms with Crippen LogP contribution in [0.25, 0.3) is 0 Å². The van der Waals surface area contributed by atoms with Crippen LogP contribution >= 0.6 is 11.6 Å². The summed E-state index contributed by atoms with van der Waals surface area (Å²) in [5, 5.41) is 3.38. The number of Topliss-reactive ketones (excluding diaryl/α,β-unsaturated/α-hetero) is 1. The predicted octanol–water partition coefficient (Wildman–Crippen LogP) is 3.40. The molecule has 100 valence electrons. The second-order valence-electron chi connectivity index (χ2n) is 4.75. The van der Waals surface area contributed by atoms with Crippen molar-refractivity contribution in [1.29, 1.82) is 0 Å². The Hall–Kier alpha value is -2.13. The molecule has 3 nitrogen and oxygen atoms in total. The minimum atomic E-state index is -0.259. The van der Waals surface area contributed by atoms with Crippen molar-refractivity contribution in [2.24, 2.45) is 0 Å². The summed E-state index contributed by atoms with van der Waals surface area (Å²) < 4.78 is 0. The van der Waals surface area contributed by atoms with E-state index in [9.17, 15) is 9.59 Å². The summed E-state index contributed by atoms with van der Waals surface area (Å²) >= 11 is 5.89. The van der Waals surface area contributed by atoms with E-state index < -0.39 is 0 Å². The number of benzene rings is 2. The molecule has 0 bridgehead atoms. The third kappa shape index (κ3) is 2.32. The molecule has 0 aliphatic carbocycles. The van der Waals surface area contributed by atoms with Gasteiger partial charge in [0.15, 0.2) is 5.78 Å². The second-order valence-corrected chi connectivity index (χ2v) is 5.19. The van der Waals surface area contributed by atoms with Crippen molar-refractivity contribution in [3.8, 4) is 0 Å². The molecule has 2 aromatic carbocycles. The molecule has 0 unspecified atom stereocenters. The molecule has 1 aliphatic rings. The van der Waals surface area contributed by atoms with Gasteiger partial charge in [0.1, 0.15) is 0 Å². The number of halogens is 1. The molecule has 0 fully saturated rings. The first-order chi connectivity index (χ1) is 9.65. The molecule has 1 aliphatic heterocycles. The van der Waals surface area contributed by atoms with Gasteiger partial charge >= 0.3 is 0 Å². The topological polar surface area (TPSA) is 46.2 Å². The fraction of sp³-hybridized carbons (Fsp3) is 0.125. The quantitative estimate of drug-likeness (QED) is 0.879. The average molecular weight is 286 g/mol. The molecule has 2 aromatic rings. The summed E-state index contributed by atoms with van der Waals surface area (Å²) in [5.41, 5.74) is 2.10. The van der Waals surface area contributed by atoms with Crippen LogP contribution in [0.4, 0.5) is 0 Å². The van der Waals surface area contributed by atoms with E-state index >= 15 is 0 Å². The lowest BCUT2D eigenvalue weighted by Gasteiger charge is -2.10. The zero-order chi connectivity index (χ0) is 14.1. The van der Waals surface area contributed by atoms with Crippen molar-refractivity contribution in [1.82, 2.24) is 5.32 Å². The molecule has 20 heavy (non-hydrogen) atoms. The van der Waals surface area contributed by atoms with Gasteiger partial charge in [-0.2, -0.15) is 0 Å². The van der Waals surface area contributed by atoms with Crippen molar-refractivity contribution in [3.63, 3.8) is 0 Å². The van der Waals surface area contributed by atoms with Crippen molar-refractivity contribution < 1.29 is 9.59 Å². The smallest absolute Gasteiger partial charge is 0.252 e. The van der Waals surface area contributed by atoms with Gasteiger partial charge in [-0.3, -0.25) is 9.59 Å². The van der Waals surface area contributed by atoms with Gasteiger partial charge in [-0.05, 0) is 23.8 Å². The van der Waals surface area contributed by atoms with Gasteiger partial charge in [0, 0.05) is 22.6 Å². The van der Waals surface area contributed by atoms with Crippen LogP contribution in [0.3, 0.4) is 0 Å². The molecule has 1 N–H and O–H groups in total. The molecular weight excluding hydrogens is 274 g/mol. The summed E-state index contributed by atoms with van der Waals surface area (Å²) in [6, 6.07) is 13.9. The first-order valence-electron chi connectivity index (χ1n) is 6.34. The van der Waals surface area contributed by atoms with Gasteiger partial charge in [0.05, 0.1) is 6.04 Å². The Labute approximate surface area is 121 Å². The van der Waals surface area contributed by atoms with Crippen molar-refractivity contribution in [2.75, 3.05) is 0 Å². The average Bonchev–Trinajstić information content (AvgIpc) is 2.76. The number of rotatable bonds is 3. The molecule has 0 aromatic heterocycles. The fourth-order valence-corrected chi connectivity index (χ4v) is 2.64. The lowest BCUT2D eigenvalue weighted by Crippen LogP contribution is -2.21. The zero-order valence-electron chi connectivity index (χ0n) is 10.6. The molecular formula is C16H12ClNO2. The summed E-state index contributed by atoms with van der Waals surface area (Å²) in [4.78, 5) is 24.1. The van der Waals surface area contributed by atoms with Crippen LogP contribution < -0.4 is 5.32 Å². The SMILES string of the molecule is O=C(C[C@@H]1NC(=O)c2ccccc21)c1cccc(Cl)c1. The van der Waals surface area contributed by atoms with E-state index in [2.05, 4.69) is 5.32 Å². The van der Waals surface area contributed by atoms with Crippen LogP contribution in [0, 0.1) is 0 Å². The molecule has 3 rings (SSSR count). The minimum absolute atomic E-state index is 0.0329. The van der Waals surface area contributed by atoms with E-state index in [0.717, 1.165) is 5.56 Å². The summed E-state index contributed by atoms with van der Waals surface area (Å²) in [7, 11) is 0. The highest BCUT2D eigenvalue weighted by Crippen LogP contribution is 2.28. The largest absolute Gasteiger partial charge is 0.345 e. The molecule has 0 radical (unpaired) electrons. The van der Waals surface area contributed by atoms with Gasteiger partial charge in [0.25, 0.3) is 5.91 Å². The first-order valence-corrected chi connectivity index (χ1v) is 6.71. The highest BCUT2D eigenvalue weighted by atomic mass is 35.5. The highest BCUT2D eigenvalue weighted by molar-refractivity contribution is 6.31. The number of fused-ring (bicyclic) bond motifs is 1. The number of amides is 1. The van der Waals surface area contributed by atoms with Gasteiger partial charge in [-0.25, -0.2) is 0 Å². The molecule has 1 heterocycles. The third-order valence-electron chi connectivity index (χ3n) is 3.42. The molecule has 1 amide bonds. The third-order valence-corrected chi connectivity index (χ3v) is 3.66. The van der Waals surface area contributed by atoms with Crippen LogP contribution in [0.2, 0.25) is 5.02 Å². The molecule has 0 spiro atoms. The number of carbonyl (C=O) groups excluding carboxylic acids is 2. The molecule has 0 saturated carbocycles. The maximum atomic E-state index is 12.3. The van der Waals surface area contributed by atoms with Gasteiger partial charge in [-0.15, -0.1) is 0 Å². The maximum Gasteiger partial charge on any atom is 0.252 e. The Bertz CT molecular complexity index is 696. The van der Waals surface area contributed by atoms with E-state index in [0.29, 0.717) is 16.1 Å². The standard InChI is InChI=1S/C16H12ClNO2/c17-11-5-3-4-10(8-11)15(19)9-14-12-6-1-2-7-13(12)16(20)18-14/h1-8,14H,9H2,(H,18,20)/t14-/m0/s1. The predicted molar refractivity (Wildman–Crippen MR) is 77.0 cm³/mol. The van der Waals surface area contributed by atoms with E-state index in [1.54, 1.807) is 30.3 Å². The van der Waals surface area contributed by atoms with E-state index in [-0.39, 0.29) is 24.2 Å². The monoisotopic (exact) mass is 285 g/mol. The van der Waals surface area contributed by atoms with Crippen LogP contribution in [-0.2, 0) is 0 Å². The Morgan fingerprint density at radius 2 is 1.95 bits per heavy atom. The lowest BCUT2D eigenvalue weighted by molar-refractivity contribution is 0.0933. The van der Waals surface area contributed by atoms with Gasteiger partial charge in [0.2, 0.25) is 0 Å². The number of nitrogens with one attached hydrogen (secondary N) is 1. The van der Waals surface area contributed by atoms with E-state index in [4.69, 9.17) is 11.6 Å². The number of ketones is 1. The number of hydrogen-bond acceptors (Lipinski definition) is 2. The number of hydrogen-bond donors (Lipinski definition) is 1. The summed E-state index contributed by atoms with van der Waals surface area (Å²) in [6.45, 7) is 0. The van der Waals surface area contributed by atoms with Crippen molar-refractivity contribution >= 4 is 23.3 Å². The normalized spacial score (nSPS) is 16.6. The maximum absolute atomic E-state index is 12.3. The van der Waals surface area contributed by atoms with Crippen LogP contribution in [0.1, 0.15) is 38.7 Å². The van der Waals surface area contributed by atoms with Gasteiger partial charge in [-0.1, -0.05) is 41.9 Å². The molecule has 0 saturated heterocycles. The zero-order valence-corrected chi connectivity index (χ0v) is 11.4. The van der Waals surface area contributed by atoms with E-state index in [1.165, 1.54) is 0 Å². The first kappa shape index (κ1) is 12.9. The van der Waals surface area contributed by atoms with Crippen LogP contribution in [0.15, 0.2) is 48.5 Å². The fourth-order valence-electron chi connectivity index (χ4n) is 2.45. The second kappa shape index (κ2) is 5.10. The van der Waals surface area contributed by atoms with Gasteiger partial charge < -0.3 is 5.32 Å². The highest BCUT2D eigenvalue weighted by Gasteiger charge is 2.29. The Kier molecular flexibility index (Phi) is 3.28. The van der Waals surface area contributed by atoms with E-state index in [1.807, 2.05) is 18.2 Å². The molecule has 4 heteroatoms. The number of carbonyl (C=O) groups is 2. The minimum Gasteiger partial charge on any atom is -0.345 e.